The van der Waals surface area contributed by atoms with Gasteiger partial charge in [-0.05, 0) is 60.9 Å². The van der Waals surface area contributed by atoms with Crippen LogP contribution >= 0.6 is 0 Å². The summed E-state index contributed by atoms with van der Waals surface area (Å²) >= 11 is 0. The molecule has 168 valence electrons. The maximum absolute atomic E-state index is 13.3. The van der Waals surface area contributed by atoms with E-state index in [-0.39, 0.29) is 18.4 Å². The number of hydrogen-bond donors (Lipinski definition) is 1. The van der Waals surface area contributed by atoms with Crippen LogP contribution in [0.5, 0.6) is 0 Å². The molecule has 0 bridgehead atoms. The van der Waals surface area contributed by atoms with Gasteiger partial charge < -0.3 is 19.5 Å². The Balaban J connectivity index is 1.34. The minimum atomic E-state index is -4.34. The molecule has 0 spiro atoms. The molecule has 0 radical (unpaired) electrons. The van der Waals surface area contributed by atoms with Crippen molar-refractivity contribution >= 4 is 16.8 Å². The molecular formula is C23H28F3N3O2. The van der Waals surface area contributed by atoms with Crippen molar-refractivity contribution in [1.82, 2.24) is 14.8 Å². The van der Waals surface area contributed by atoms with Crippen LogP contribution in [0, 0.1) is 11.8 Å². The van der Waals surface area contributed by atoms with E-state index in [4.69, 9.17) is 4.74 Å². The van der Waals surface area contributed by atoms with E-state index in [0.29, 0.717) is 36.9 Å². The molecule has 1 aromatic carbocycles. The number of aromatic amines is 1. The predicted octanol–water partition coefficient (Wildman–Crippen LogP) is 3.64. The van der Waals surface area contributed by atoms with E-state index in [9.17, 15) is 18.0 Å². The summed E-state index contributed by atoms with van der Waals surface area (Å²) in [5, 5.41) is 0.715. The standard InChI is InChI=1S/C23H28F3N3O2/c1-14-18-12-28(6-7-29-8-9-31-13-21(29)30)5-4-15(18)10-20-22(14)17-11-16(23(24,25)26)2-3-19(17)27-20/h2-3,11,14-15,18,27H,4-10,12-13H2,1H3/t14-,15?,18-/m1/s1. The molecule has 2 saturated heterocycles. The number of likely N-dealkylation sites (tertiary alicyclic amines) is 1. The normalized spacial score (nSPS) is 27.4. The first-order chi connectivity index (χ1) is 14.8. The van der Waals surface area contributed by atoms with E-state index in [1.807, 2.05) is 4.90 Å². The summed E-state index contributed by atoms with van der Waals surface area (Å²) in [6.07, 6.45) is -2.36. The highest BCUT2D eigenvalue weighted by molar-refractivity contribution is 5.86. The Morgan fingerprint density at radius 1 is 1.23 bits per heavy atom. The molecule has 1 N–H and O–H groups in total. The Hall–Kier alpha value is -2.06. The quantitative estimate of drug-likeness (QED) is 0.801. The molecule has 1 aromatic heterocycles. The van der Waals surface area contributed by atoms with Gasteiger partial charge in [0.15, 0.2) is 0 Å². The van der Waals surface area contributed by atoms with Gasteiger partial charge in [-0.2, -0.15) is 13.2 Å². The third kappa shape index (κ3) is 3.84. The van der Waals surface area contributed by atoms with Gasteiger partial charge in [-0.1, -0.05) is 6.92 Å². The van der Waals surface area contributed by atoms with Gasteiger partial charge in [0.25, 0.3) is 0 Å². The minimum absolute atomic E-state index is 0.0519. The van der Waals surface area contributed by atoms with Crippen molar-refractivity contribution < 1.29 is 22.7 Å². The second-order valence-corrected chi connectivity index (χ2v) is 9.21. The molecule has 3 atom stereocenters. The van der Waals surface area contributed by atoms with Crippen LogP contribution in [0.2, 0.25) is 0 Å². The monoisotopic (exact) mass is 435 g/mol. The lowest BCUT2D eigenvalue weighted by Gasteiger charge is -2.45. The van der Waals surface area contributed by atoms with E-state index >= 15 is 0 Å². The number of carbonyl (C=O) groups excluding carboxylic acids is 1. The van der Waals surface area contributed by atoms with E-state index < -0.39 is 11.7 Å². The van der Waals surface area contributed by atoms with Crippen molar-refractivity contribution in [3.8, 4) is 0 Å². The van der Waals surface area contributed by atoms with Gasteiger partial charge in [-0.15, -0.1) is 0 Å². The molecule has 3 heterocycles. The molecular weight excluding hydrogens is 407 g/mol. The number of alkyl halides is 3. The number of ether oxygens (including phenoxy) is 1. The molecule has 2 aliphatic heterocycles. The number of rotatable bonds is 3. The molecule has 0 saturated carbocycles. The average molecular weight is 435 g/mol. The van der Waals surface area contributed by atoms with Crippen LogP contribution in [-0.2, 0) is 22.1 Å². The summed E-state index contributed by atoms with van der Waals surface area (Å²) in [7, 11) is 0. The zero-order valence-electron chi connectivity index (χ0n) is 17.7. The maximum Gasteiger partial charge on any atom is 0.416 e. The van der Waals surface area contributed by atoms with Crippen LogP contribution in [0.3, 0.4) is 0 Å². The van der Waals surface area contributed by atoms with Gasteiger partial charge in [0.2, 0.25) is 5.91 Å². The zero-order chi connectivity index (χ0) is 21.8. The van der Waals surface area contributed by atoms with E-state index in [2.05, 4.69) is 16.8 Å². The third-order valence-corrected chi connectivity index (χ3v) is 7.47. The van der Waals surface area contributed by atoms with Crippen LogP contribution in [0.25, 0.3) is 10.9 Å². The van der Waals surface area contributed by atoms with Crippen molar-refractivity contribution in [2.24, 2.45) is 11.8 Å². The summed E-state index contributed by atoms with van der Waals surface area (Å²) in [5.74, 6) is 1.20. The number of fused-ring (bicyclic) bond motifs is 4. The number of nitrogens with zero attached hydrogens (tertiary/aromatic N) is 2. The van der Waals surface area contributed by atoms with Gasteiger partial charge in [0.05, 0.1) is 12.2 Å². The molecule has 2 aromatic rings. The first-order valence-corrected chi connectivity index (χ1v) is 11.1. The predicted molar refractivity (Wildman–Crippen MR) is 111 cm³/mol. The van der Waals surface area contributed by atoms with E-state index in [0.717, 1.165) is 55.3 Å². The summed E-state index contributed by atoms with van der Waals surface area (Å²) in [5.41, 5.74) is 2.38. The molecule has 1 unspecified atom stereocenters. The number of hydrogen-bond acceptors (Lipinski definition) is 3. The van der Waals surface area contributed by atoms with Gasteiger partial charge in [0, 0.05) is 42.8 Å². The number of morpholine rings is 1. The highest BCUT2D eigenvalue weighted by Gasteiger charge is 2.40. The largest absolute Gasteiger partial charge is 0.416 e. The summed E-state index contributed by atoms with van der Waals surface area (Å²) < 4.78 is 45.1. The minimum Gasteiger partial charge on any atom is -0.370 e. The van der Waals surface area contributed by atoms with Crippen LogP contribution < -0.4 is 0 Å². The lowest BCUT2D eigenvalue weighted by molar-refractivity contribution is -0.143. The number of carbonyl (C=O) groups is 1. The second-order valence-electron chi connectivity index (χ2n) is 9.21. The van der Waals surface area contributed by atoms with Crippen LogP contribution in [0.4, 0.5) is 13.2 Å². The zero-order valence-corrected chi connectivity index (χ0v) is 17.7. The van der Waals surface area contributed by atoms with E-state index in [1.54, 1.807) is 6.07 Å². The maximum atomic E-state index is 13.3. The van der Waals surface area contributed by atoms with Crippen molar-refractivity contribution in [3.63, 3.8) is 0 Å². The first-order valence-electron chi connectivity index (χ1n) is 11.1. The van der Waals surface area contributed by atoms with Crippen molar-refractivity contribution in [2.45, 2.75) is 31.9 Å². The fourth-order valence-corrected chi connectivity index (χ4v) is 5.77. The van der Waals surface area contributed by atoms with Crippen molar-refractivity contribution in [2.75, 3.05) is 45.9 Å². The second kappa shape index (κ2) is 7.81. The summed E-state index contributed by atoms with van der Waals surface area (Å²) in [6.45, 7) is 7.05. The molecule has 5 rings (SSSR count). The summed E-state index contributed by atoms with van der Waals surface area (Å²) in [4.78, 5) is 19.7. The van der Waals surface area contributed by atoms with Crippen LogP contribution in [-0.4, -0.2) is 66.6 Å². The fourth-order valence-electron chi connectivity index (χ4n) is 5.77. The Bertz CT molecular complexity index is 986. The molecule has 31 heavy (non-hydrogen) atoms. The molecule has 3 aliphatic rings. The Kier molecular flexibility index (Phi) is 5.25. The number of aromatic nitrogens is 1. The fraction of sp³-hybridized carbons (Fsp3) is 0.609. The van der Waals surface area contributed by atoms with Gasteiger partial charge in [-0.3, -0.25) is 4.79 Å². The molecule has 1 amide bonds. The highest BCUT2D eigenvalue weighted by Crippen LogP contribution is 2.46. The van der Waals surface area contributed by atoms with Gasteiger partial charge in [0.1, 0.15) is 6.61 Å². The number of H-pyrrole nitrogens is 1. The number of amides is 1. The van der Waals surface area contributed by atoms with Crippen LogP contribution in [0.1, 0.15) is 36.1 Å². The van der Waals surface area contributed by atoms with Gasteiger partial charge >= 0.3 is 6.18 Å². The smallest absolute Gasteiger partial charge is 0.370 e. The van der Waals surface area contributed by atoms with E-state index in [1.165, 1.54) is 6.07 Å². The number of halogens is 3. The SMILES string of the molecule is C[C@H]1c2c([nH]c3ccc(C(F)(F)F)cc23)CC2CCN(CCN3CCOCC3=O)C[C@@H]21. The Labute approximate surface area is 179 Å². The lowest BCUT2D eigenvalue weighted by atomic mass is 9.68. The molecule has 2 fully saturated rings. The molecule has 1 aliphatic carbocycles. The van der Waals surface area contributed by atoms with Crippen molar-refractivity contribution in [1.29, 1.82) is 0 Å². The molecule has 5 nitrogen and oxygen atoms in total. The lowest BCUT2D eigenvalue weighted by Crippen LogP contribution is -2.49. The number of piperidine rings is 1. The summed E-state index contributed by atoms with van der Waals surface area (Å²) in [6, 6.07) is 4.04. The third-order valence-electron chi connectivity index (χ3n) is 7.47. The Morgan fingerprint density at radius 3 is 2.84 bits per heavy atom. The number of nitrogens with one attached hydrogen (secondary N) is 1. The van der Waals surface area contributed by atoms with Crippen molar-refractivity contribution in [3.05, 3.63) is 35.0 Å². The van der Waals surface area contributed by atoms with Crippen LogP contribution in [0.15, 0.2) is 18.2 Å². The molecule has 8 heteroatoms. The average Bonchev–Trinajstić information content (AvgIpc) is 3.10. The first kappa shape index (κ1) is 20.8. The Morgan fingerprint density at radius 2 is 2.06 bits per heavy atom. The number of benzene rings is 1. The van der Waals surface area contributed by atoms with Gasteiger partial charge in [-0.25, -0.2) is 0 Å². The highest BCUT2D eigenvalue weighted by atomic mass is 19.4. The topological polar surface area (TPSA) is 48.6 Å².